The highest BCUT2D eigenvalue weighted by Gasteiger charge is 2.04. The molecule has 0 saturated carbocycles. The van der Waals surface area contributed by atoms with E-state index >= 15 is 0 Å². The number of aliphatic imine (C=N–C) groups is 1. The molecule has 3 aromatic carbocycles. The third kappa shape index (κ3) is 5.39. The van der Waals surface area contributed by atoms with Gasteiger partial charge in [0.2, 0.25) is 0 Å². The smallest absolute Gasteiger partial charge is 0.0644 e. The summed E-state index contributed by atoms with van der Waals surface area (Å²) in [6, 6.07) is 19.2. The zero-order valence-corrected chi connectivity index (χ0v) is 17.8. The van der Waals surface area contributed by atoms with Gasteiger partial charge in [0.1, 0.15) is 0 Å². The van der Waals surface area contributed by atoms with Crippen LogP contribution in [0.4, 0.5) is 11.4 Å². The summed E-state index contributed by atoms with van der Waals surface area (Å²) in [6.45, 7) is 3.94. The van der Waals surface area contributed by atoms with Gasteiger partial charge in [0.25, 0.3) is 0 Å². The second-order valence-corrected chi connectivity index (χ2v) is 7.64. The average Bonchev–Trinajstić information content (AvgIpc) is 2.67. The fraction of sp³-hybridized carbons (Fsp3) is 0.0870. The molecule has 0 fully saturated rings. The summed E-state index contributed by atoms with van der Waals surface area (Å²) in [6.07, 6.45) is 3.65. The van der Waals surface area contributed by atoms with Crippen molar-refractivity contribution in [3.05, 3.63) is 98.5 Å². The van der Waals surface area contributed by atoms with E-state index in [9.17, 15) is 0 Å². The summed E-state index contributed by atoms with van der Waals surface area (Å²) in [7, 11) is 0. The standard InChI is InChI=1S/C23H19Cl3N2/c1-15-3-9-19(13-21(15)25)27-12-11-23(17-5-7-18(24)8-6-17)28-20-10-4-16(2)22(26)14-20/h3-14,28H,1-2H3/b23-11+,27-12?. The first-order valence-corrected chi connectivity index (χ1v) is 9.85. The van der Waals surface area contributed by atoms with Crippen molar-refractivity contribution < 1.29 is 0 Å². The Bertz CT molecular complexity index is 1040. The van der Waals surface area contributed by atoms with Crippen LogP contribution in [0, 0.1) is 13.8 Å². The Kier molecular flexibility index (Phi) is 6.79. The van der Waals surface area contributed by atoms with E-state index in [1.54, 1.807) is 6.21 Å². The van der Waals surface area contributed by atoms with Gasteiger partial charge in [-0.1, -0.05) is 59.1 Å². The van der Waals surface area contributed by atoms with Gasteiger partial charge >= 0.3 is 0 Å². The highest BCUT2D eigenvalue weighted by atomic mass is 35.5. The number of rotatable bonds is 5. The SMILES string of the molecule is Cc1ccc(N=C/C=C(/Nc2ccc(C)c(Cl)c2)c2ccc(Cl)cc2)cc1Cl. The summed E-state index contributed by atoms with van der Waals surface area (Å²) < 4.78 is 0. The third-order valence-corrected chi connectivity index (χ3v) is 5.29. The van der Waals surface area contributed by atoms with Crippen LogP contribution in [0.1, 0.15) is 16.7 Å². The zero-order chi connectivity index (χ0) is 20.1. The molecule has 3 aromatic rings. The fourth-order valence-corrected chi connectivity index (χ4v) is 3.01. The first kappa shape index (κ1) is 20.5. The lowest BCUT2D eigenvalue weighted by molar-refractivity contribution is 1.44. The van der Waals surface area contributed by atoms with Gasteiger partial charge in [0.15, 0.2) is 0 Å². The molecular formula is C23H19Cl3N2. The maximum absolute atomic E-state index is 6.26. The van der Waals surface area contributed by atoms with Gasteiger partial charge in [0.05, 0.1) is 5.69 Å². The highest BCUT2D eigenvalue weighted by Crippen LogP contribution is 2.25. The first-order valence-electron chi connectivity index (χ1n) is 8.72. The van der Waals surface area contributed by atoms with Gasteiger partial charge in [-0.15, -0.1) is 0 Å². The number of benzene rings is 3. The van der Waals surface area contributed by atoms with Gasteiger partial charge in [-0.25, -0.2) is 0 Å². The van der Waals surface area contributed by atoms with E-state index in [2.05, 4.69) is 10.3 Å². The predicted molar refractivity (Wildman–Crippen MR) is 124 cm³/mol. The lowest BCUT2D eigenvalue weighted by Crippen LogP contribution is -1.99. The molecule has 28 heavy (non-hydrogen) atoms. The van der Waals surface area contributed by atoms with Crippen LogP contribution in [0.25, 0.3) is 5.70 Å². The lowest BCUT2D eigenvalue weighted by Gasteiger charge is -2.12. The van der Waals surface area contributed by atoms with Crippen LogP contribution in [-0.4, -0.2) is 6.21 Å². The average molecular weight is 430 g/mol. The van der Waals surface area contributed by atoms with Crippen molar-refractivity contribution in [2.75, 3.05) is 5.32 Å². The molecule has 0 saturated heterocycles. The second-order valence-electron chi connectivity index (χ2n) is 6.39. The molecule has 0 aliphatic heterocycles. The van der Waals surface area contributed by atoms with Crippen molar-refractivity contribution in [3.63, 3.8) is 0 Å². The number of anilines is 1. The number of hydrogen-bond donors (Lipinski definition) is 1. The van der Waals surface area contributed by atoms with E-state index in [1.807, 2.05) is 80.6 Å². The molecule has 0 unspecified atom stereocenters. The first-order chi connectivity index (χ1) is 13.4. The van der Waals surface area contributed by atoms with E-state index < -0.39 is 0 Å². The summed E-state index contributed by atoms with van der Waals surface area (Å²) in [5.74, 6) is 0. The fourth-order valence-electron chi connectivity index (χ4n) is 2.53. The maximum atomic E-state index is 6.26. The minimum absolute atomic E-state index is 0.685. The molecule has 0 atom stereocenters. The van der Waals surface area contributed by atoms with Crippen molar-refractivity contribution in [1.29, 1.82) is 0 Å². The number of aryl methyl sites for hydroxylation is 2. The molecule has 0 amide bonds. The van der Waals surface area contributed by atoms with Crippen LogP contribution in [-0.2, 0) is 0 Å². The van der Waals surface area contributed by atoms with Crippen LogP contribution in [0.5, 0.6) is 0 Å². The van der Waals surface area contributed by atoms with Crippen LogP contribution in [0.3, 0.4) is 0 Å². The van der Waals surface area contributed by atoms with Gasteiger partial charge < -0.3 is 5.32 Å². The molecule has 0 aliphatic rings. The van der Waals surface area contributed by atoms with Crippen LogP contribution < -0.4 is 5.32 Å². The highest BCUT2D eigenvalue weighted by molar-refractivity contribution is 6.32. The number of nitrogens with one attached hydrogen (secondary N) is 1. The van der Waals surface area contributed by atoms with Crippen LogP contribution in [0.15, 0.2) is 71.7 Å². The predicted octanol–water partition coefficient (Wildman–Crippen LogP) is 8.12. The summed E-state index contributed by atoms with van der Waals surface area (Å²) in [5, 5.41) is 5.50. The lowest BCUT2D eigenvalue weighted by atomic mass is 10.1. The second kappa shape index (κ2) is 9.29. The number of allylic oxidation sites excluding steroid dienone is 1. The quantitative estimate of drug-likeness (QED) is 0.407. The topological polar surface area (TPSA) is 24.4 Å². The van der Waals surface area contributed by atoms with Crippen LogP contribution in [0.2, 0.25) is 15.1 Å². The Morgan fingerprint density at radius 1 is 0.821 bits per heavy atom. The monoisotopic (exact) mass is 428 g/mol. The van der Waals surface area contributed by atoms with E-state index in [0.29, 0.717) is 15.1 Å². The summed E-state index contributed by atoms with van der Waals surface area (Å²) in [5.41, 5.74) is 5.59. The molecule has 0 bridgehead atoms. The van der Waals surface area contributed by atoms with E-state index in [1.165, 1.54) is 0 Å². The van der Waals surface area contributed by atoms with E-state index in [-0.39, 0.29) is 0 Å². The van der Waals surface area contributed by atoms with Crippen molar-refractivity contribution >= 4 is 58.1 Å². The minimum atomic E-state index is 0.685. The normalized spacial score (nSPS) is 11.8. The summed E-state index contributed by atoms with van der Waals surface area (Å²) in [4.78, 5) is 4.49. The molecule has 1 N–H and O–H groups in total. The molecule has 142 valence electrons. The van der Waals surface area contributed by atoms with Gasteiger partial charge in [-0.3, -0.25) is 4.99 Å². The Morgan fingerprint density at radius 2 is 1.46 bits per heavy atom. The zero-order valence-electron chi connectivity index (χ0n) is 15.5. The Morgan fingerprint density at radius 3 is 2.11 bits per heavy atom. The van der Waals surface area contributed by atoms with Crippen molar-refractivity contribution in [2.24, 2.45) is 4.99 Å². The van der Waals surface area contributed by atoms with E-state index in [4.69, 9.17) is 34.8 Å². The molecular weight excluding hydrogens is 411 g/mol. The Hall–Kier alpha value is -2.26. The largest absolute Gasteiger partial charge is 0.355 e. The summed E-state index contributed by atoms with van der Waals surface area (Å²) >= 11 is 18.5. The Labute approximate surface area is 180 Å². The molecule has 0 radical (unpaired) electrons. The third-order valence-electron chi connectivity index (χ3n) is 4.23. The maximum Gasteiger partial charge on any atom is 0.0644 e. The molecule has 3 rings (SSSR count). The van der Waals surface area contributed by atoms with Crippen molar-refractivity contribution in [1.82, 2.24) is 0 Å². The molecule has 2 nitrogen and oxygen atoms in total. The molecule has 0 aromatic heterocycles. The van der Waals surface area contributed by atoms with Gasteiger partial charge in [-0.05, 0) is 73.0 Å². The van der Waals surface area contributed by atoms with Gasteiger partial charge in [-0.2, -0.15) is 0 Å². The number of nitrogens with zero attached hydrogens (tertiary/aromatic N) is 1. The number of halogens is 3. The number of hydrogen-bond acceptors (Lipinski definition) is 2. The molecule has 5 heteroatoms. The molecule has 0 spiro atoms. The van der Waals surface area contributed by atoms with Crippen molar-refractivity contribution in [3.8, 4) is 0 Å². The van der Waals surface area contributed by atoms with Crippen LogP contribution >= 0.6 is 34.8 Å². The van der Waals surface area contributed by atoms with Gasteiger partial charge in [0, 0.05) is 32.7 Å². The molecule has 0 aliphatic carbocycles. The van der Waals surface area contributed by atoms with E-state index in [0.717, 1.165) is 33.8 Å². The minimum Gasteiger partial charge on any atom is -0.355 e. The van der Waals surface area contributed by atoms with Crippen molar-refractivity contribution in [2.45, 2.75) is 13.8 Å². The Balaban J connectivity index is 1.91. The molecule has 0 heterocycles.